The molecule has 1 heterocycles. The normalized spacial score (nSPS) is 12.4. The van der Waals surface area contributed by atoms with Gasteiger partial charge in [0.2, 0.25) is 5.91 Å². The van der Waals surface area contributed by atoms with Crippen molar-refractivity contribution in [1.29, 1.82) is 0 Å². The summed E-state index contributed by atoms with van der Waals surface area (Å²) in [4.78, 5) is 15.1. The van der Waals surface area contributed by atoms with Crippen LogP contribution >= 0.6 is 11.3 Å². The molecule has 0 spiro atoms. The molecule has 1 atom stereocenters. The Bertz CT molecular complexity index is 336. The van der Waals surface area contributed by atoms with Gasteiger partial charge in [-0.25, -0.2) is 0 Å². The SMILES string of the molecule is CCN(CC)C(=O)CC(CN)NCc1cccs1. The molecular weight excluding hydrogens is 246 g/mol. The minimum Gasteiger partial charge on any atom is -0.343 e. The lowest BCUT2D eigenvalue weighted by atomic mass is 10.2. The maximum absolute atomic E-state index is 12.0. The van der Waals surface area contributed by atoms with Gasteiger partial charge in [-0.15, -0.1) is 11.3 Å². The summed E-state index contributed by atoms with van der Waals surface area (Å²) in [6.45, 7) is 6.79. The fourth-order valence-corrected chi connectivity index (χ4v) is 2.47. The second-order valence-corrected chi connectivity index (χ2v) is 5.20. The highest BCUT2D eigenvalue weighted by atomic mass is 32.1. The Morgan fingerprint density at radius 1 is 1.50 bits per heavy atom. The molecule has 0 aliphatic carbocycles. The fraction of sp³-hybridized carbons (Fsp3) is 0.615. The Hall–Kier alpha value is -0.910. The lowest BCUT2D eigenvalue weighted by Gasteiger charge is -2.22. The van der Waals surface area contributed by atoms with Crippen molar-refractivity contribution in [3.63, 3.8) is 0 Å². The number of hydrogen-bond acceptors (Lipinski definition) is 4. The average molecular weight is 269 g/mol. The van der Waals surface area contributed by atoms with Gasteiger partial charge in [0.1, 0.15) is 0 Å². The molecule has 1 aromatic rings. The number of carbonyl (C=O) groups is 1. The molecule has 1 aromatic heterocycles. The number of hydrogen-bond donors (Lipinski definition) is 2. The first-order valence-corrected chi connectivity index (χ1v) is 7.32. The third kappa shape index (κ3) is 4.76. The van der Waals surface area contributed by atoms with E-state index in [2.05, 4.69) is 16.8 Å². The van der Waals surface area contributed by atoms with Crippen molar-refractivity contribution in [3.8, 4) is 0 Å². The van der Waals surface area contributed by atoms with Gasteiger partial charge in [-0.1, -0.05) is 6.07 Å². The molecule has 0 saturated heterocycles. The highest BCUT2D eigenvalue weighted by Crippen LogP contribution is 2.08. The van der Waals surface area contributed by atoms with Gasteiger partial charge in [0.05, 0.1) is 0 Å². The molecule has 1 amide bonds. The predicted molar refractivity (Wildman–Crippen MR) is 76.5 cm³/mol. The zero-order valence-corrected chi connectivity index (χ0v) is 12.0. The second kappa shape index (κ2) is 8.24. The van der Waals surface area contributed by atoms with Gasteiger partial charge in [0.25, 0.3) is 0 Å². The molecule has 1 rings (SSSR count). The second-order valence-electron chi connectivity index (χ2n) is 4.16. The van der Waals surface area contributed by atoms with E-state index in [0.717, 1.165) is 19.6 Å². The zero-order valence-electron chi connectivity index (χ0n) is 11.2. The van der Waals surface area contributed by atoms with Crippen LogP contribution in [0.5, 0.6) is 0 Å². The molecule has 0 aliphatic rings. The third-order valence-corrected chi connectivity index (χ3v) is 3.84. The van der Waals surface area contributed by atoms with Crippen LogP contribution in [0.1, 0.15) is 25.1 Å². The summed E-state index contributed by atoms with van der Waals surface area (Å²) >= 11 is 1.71. The summed E-state index contributed by atoms with van der Waals surface area (Å²) < 4.78 is 0. The maximum Gasteiger partial charge on any atom is 0.224 e. The van der Waals surface area contributed by atoms with Crippen molar-refractivity contribution >= 4 is 17.2 Å². The maximum atomic E-state index is 12.0. The van der Waals surface area contributed by atoms with Crippen molar-refractivity contribution < 1.29 is 4.79 Å². The van der Waals surface area contributed by atoms with Crippen molar-refractivity contribution in [2.45, 2.75) is 32.9 Å². The Kier molecular flexibility index (Phi) is 6.93. The Morgan fingerprint density at radius 3 is 2.72 bits per heavy atom. The summed E-state index contributed by atoms with van der Waals surface area (Å²) in [5.41, 5.74) is 5.71. The van der Waals surface area contributed by atoms with E-state index in [9.17, 15) is 4.79 Å². The van der Waals surface area contributed by atoms with Gasteiger partial charge in [0.15, 0.2) is 0 Å². The minimum absolute atomic E-state index is 0.0557. The van der Waals surface area contributed by atoms with E-state index in [1.807, 2.05) is 24.8 Å². The monoisotopic (exact) mass is 269 g/mol. The molecule has 5 heteroatoms. The Labute approximate surface area is 113 Å². The van der Waals surface area contributed by atoms with Crippen LogP contribution in [-0.4, -0.2) is 36.5 Å². The van der Waals surface area contributed by atoms with Crippen molar-refractivity contribution in [2.75, 3.05) is 19.6 Å². The summed E-state index contributed by atoms with van der Waals surface area (Å²) in [6, 6.07) is 4.16. The van der Waals surface area contributed by atoms with E-state index in [1.54, 1.807) is 11.3 Å². The summed E-state index contributed by atoms with van der Waals surface area (Å²) in [5.74, 6) is 0.175. The zero-order chi connectivity index (χ0) is 13.4. The van der Waals surface area contributed by atoms with E-state index in [-0.39, 0.29) is 11.9 Å². The fourth-order valence-electron chi connectivity index (χ4n) is 1.81. The van der Waals surface area contributed by atoms with Crippen LogP contribution in [0.2, 0.25) is 0 Å². The van der Waals surface area contributed by atoms with E-state index >= 15 is 0 Å². The topological polar surface area (TPSA) is 58.4 Å². The van der Waals surface area contributed by atoms with Crippen LogP contribution in [-0.2, 0) is 11.3 Å². The van der Waals surface area contributed by atoms with Gasteiger partial charge < -0.3 is 16.0 Å². The number of amides is 1. The highest BCUT2D eigenvalue weighted by Gasteiger charge is 2.15. The summed E-state index contributed by atoms with van der Waals surface area (Å²) in [6.07, 6.45) is 0.476. The van der Waals surface area contributed by atoms with Gasteiger partial charge in [0, 0.05) is 43.5 Å². The Balaban J connectivity index is 2.39. The number of nitrogens with one attached hydrogen (secondary N) is 1. The van der Waals surface area contributed by atoms with Crippen molar-refractivity contribution in [2.24, 2.45) is 5.73 Å². The molecule has 4 nitrogen and oxygen atoms in total. The molecule has 0 fully saturated rings. The van der Waals surface area contributed by atoms with Crippen LogP contribution in [0.4, 0.5) is 0 Å². The van der Waals surface area contributed by atoms with Crippen LogP contribution in [0.3, 0.4) is 0 Å². The minimum atomic E-state index is 0.0557. The molecule has 3 N–H and O–H groups in total. The van der Waals surface area contributed by atoms with E-state index in [0.29, 0.717) is 13.0 Å². The van der Waals surface area contributed by atoms with E-state index in [4.69, 9.17) is 5.73 Å². The molecule has 0 radical (unpaired) electrons. The number of nitrogens with two attached hydrogens (primary N) is 1. The molecule has 0 bridgehead atoms. The largest absolute Gasteiger partial charge is 0.343 e. The van der Waals surface area contributed by atoms with Gasteiger partial charge >= 0.3 is 0 Å². The summed E-state index contributed by atoms with van der Waals surface area (Å²) in [5, 5.41) is 5.39. The van der Waals surface area contributed by atoms with E-state index in [1.165, 1.54) is 4.88 Å². The molecular formula is C13H23N3OS. The van der Waals surface area contributed by atoms with Gasteiger partial charge in [-0.3, -0.25) is 4.79 Å². The standard InChI is InChI=1S/C13H23N3OS/c1-3-16(4-2)13(17)8-11(9-14)15-10-12-6-5-7-18-12/h5-7,11,15H,3-4,8-10,14H2,1-2H3. The lowest BCUT2D eigenvalue weighted by molar-refractivity contribution is -0.131. The van der Waals surface area contributed by atoms with E-state index < -0.39 is 0 Å². The van der Waals surface area contributed by atoms with Crippen LogP contribution in [0.25, 0.3) is 0 Å². The average Bonchev–Trinajstić information content (AvgIpc) is 2.89. The highest BCUT2D eigenvalue weighted by molar-refractivity contribution is 7.09. The first kappa shape index (κ1) is 15.1. The lowest BCUT2D eigenvalue weighted by Crippen LogP contribution is -2.41. The van der Waals surface area contributed by atoms with Crippen LogP contribution in [0, 0.1) is 0 Å². The molecule has 0 aliphatic heterocycles. The Morgan fingerprint density at radius 2 is 2.22 bits per heavy atom. The number of carbonyl (C=O) groups excluding carboxylic acids is 1. The summed E-state index contributed by atoms with van der Waals surface area (Å²) in [7, 11) is 0. The first-order chi connectivity index (χ1) is 8.71. The van der Waals surface area contributed by atoms with Crippen LogP contribution in [0.15, 0.2) is 17.5 Å². The van der Waals surface area contributed by atoms with Crippen molar-refractivity contribution in [1.82, 2.24) is 10.2 Å². The smallest absolute Gasteiger partial charge is 0.224 e. The van der Waals surface area contributed by atoms with Gasteiger partial charge in [-0.05, 0) is 25.3 Å². The predicted octanol–water partition coefficient (Wildman–Crippen LogP) is 1.42. The number of nitrogens with zero attached hydrogens (tertiary/aromatic N) is 1. The molecule has 18 heavy (non-hydrogen) atoms. The first-order valence-electron chi connectivity index (χ1n) is 6.44. The molecule has 1 unspecified atom stereocenters. The molecule has 0 saturated carbocycles. The van der Waals surface area contributed by atoms with Crippen molar-refractivity contribution in [3.05, 3.63) is 22.4 Å². The molecule has 102 valence electrons. The van der Waals surface area contributed by atoms with Crippen LogP contribution < -0.4 is 11.1 Å². The number of thiophene rings is 1. The number of rotatable bonds is 8. The molecule has 0 aromatic carbocycles. The van der Waals surface area contributed by atoms with Gasteiger partial charge in [-0.2, -0.15) is 0 Å². The quantitative estimate of drug-likeness (QED) is 0.750. The third-order valence-electron chi connectivity index (χ3n) is 2.97.